The molecule has 0 N–H and O–H groups in total. The molecule has 8 nitrogen and oxygen atoms in total. The number of pyridine rings is 1. The fraction of sp³-hybridized carbons (Fsp3) is 0.158. The SMILES string of the molecule is CC(c1ncnn1-c1ccc(C#N)cn1)N(C)c1ncnc2c(Cl)c(F)c(Cl)cc12. The predicted molar refractivity (Wildman–Crippen MR) is 110 cm³/mol. The summed E-state index contributed by atoms with van der Waals surface area (Å²) < 4.78 is 15.7. The molecular formula is C19H13Cl2FN8. The van der Waals surface area contributed by atoms with E-state index < -0.39 is 5.82 Å². The number of hydrogen-bond acceptors (Lipinski definition) is 7. The Morgan fingerprint density at radius 2 is 1.97 bits per heavy atom. The molecular weight excluding hydrogens is 430 g/mol. The van der Waals surface area contributed by atoms with Gasteiger partial charge in [-0.3, -0.25) is 0 Å². The standard InChI is InChI=1S/C19H13Cl2FN8/c1-10(18-27-9-28-30(18)14-4-3-11(6-23)7-24-14)29(2)19-12-5-13(20)16(22)15(21)17(12)25-8-26-19/h3-5,7-10H,1-2H3. The second kappa shape index (κ2) is 7.82. The van der Waals surface area contributed by atoms with E-state index in [0.717, 1.165) is 0 Å². The number of rotatable bonds is 4. The highest BCUT2D eigenvalue weighted by Crippen LogP contribution is 2.36. The molecule has 0 radical (unpaired) electrons. The van der Waals surface area contributed by atoms with Crippen molar-refractivity contribution in [1.29, 1.82) is 5.26 Å². The van der Waals surface area contributed by atoms with Crippen molar-refractivity contribution in [1.82, 2.24) is 29.7 Å². The maximum absolute atomic E-state index is 14.1. The first-order valence-corrected chi connectivity index (χ1v) is 9.45. The number of halogens is 3. The smallest absolute Gasteiger partial charge is 0.162 e. The van der Waals surface area contributed by atoms with Crippen molar-refractivity contribution in [2.24, 2.45) is 0 Å². The van der Waals surface area contributed by atoms with Gasteiger partial charge in [-0.25, -0.2) is 24.3 Å². The van der Waals surface area contributed by atoms with Crippen LogP contribution >= 0.6 is 23.2 Å². The molecule has 3 aromatic heterocycles. The Hall–Kier alpha value is -3.35. The van der Waals surface area contributed by atoms with Gasteiger partial charge in [-0.1, -0.05) is 23.2 Å². The summed E-state index contributed by atoms with van der Waals surface area (Å²) in [5.74, 6) is 0.875. The number of anilines is 1. The van der Waals surface area contributed by atoms with Crippen LogP contribution in [0.2, 0.25) is 10.0 Å². The van der Waals surface area contributed by atoms with Gasteiger partial charge in [-0.2, -0.15) is 15.0 Å². The van der Waals surface area contributed by atoms with E-state index in [4.69, 9.17) is 28.5 Å². The van der Waals surface area contributed by atoms with E-state index in [2.05, 4.69) is 25.0 Å². The van der Waals surface area contributed by atoms with Crippen LogP contribution in [0.5, 0.6) is 0 Å². The Bertz CT molecular complexity index is 1280. The topological polar surface area (TPSA) is 96.4 Å². The highest BCUT2D eigenvalue weighted by atomic mass is 35.5. The van der Waals surface area contributed by atoms with Crippen molar-refractivity contribution >= 4 is 39.9 Å². The molecule has 11 heteroatoms. The zero-order chi connectivity index (χ0) is 21.4. The number of hydrogen-bond donors (Lipinski definition) is 0. The highest BCUT2D eigenvalue weighted by Gasteiger charge is 2.23. The average Bonchev–Trinajstić information content (AvgIpc) is 3.26. The summed E-state index contributed by atoms with van der Waals surface area (Å²) in [6.07, 6.45) is 4.19. The maximum Gasteiger partial charge on any atom is 0.162 e. The first-order valence-electron chi connectivity index (χ1n) is 8.69. The lowest BCUT2D eigenvalue weighted by molar-refractivity contribution is 0.629. The van der Waals surface area contributed by atoms with Gasteiger partial charge in [-0.15, -0.1) is 0 Å². The van der Waals surface area contributed by atoms with E-state index in [-0.39, 0.29) is 21.6 Å². The molecule has 0 spiro atoms. The third kappa shape index (κ3) is 3.30. The second-order valence-electron chi connectivity index (χ2n) is 6.41. The van der Waals surface area contributed by atoms with E-state index in [1.165, 1.54) is 24.9 Å². The Morgan fingerprint density at radius 3 is 2.67 bits per heavy atom. The molecule has 4 rings (SSSR count). The van der Waals surface area contributed by atoms with Crippen molar-refractivity contribution in [2.45, 2.75) is 13.0 Å². The third-order valence-corrected chi connectivity index (χ3v) is 5.32. The van der Waals surface area contributed by atoms with Gasteiger partial charge < -0.3 is 4.90 Å². The van der Waals surface area contributed by atoms with Crippen molar-refractivity contribution in [2.75, 3.05) is 11.9 Å². The molecule has 1 atom stereocenters. The molecule has 0 aliphatic rings. The lowest BCUT2D eigenvalue weighted by atomic mass is 10.2. The summed E-state index contributed by atoms with van der Waals surface area (Å²) >= 11 is 12.1. The van der Waals surface area contributed by atoms with Crippen LogP contribution in [-0.4, -0.2) is 36.8 Å². The molecule has 0 saturated heterocycles. The Kier molecular flexibility index (Phi) is 5.20. The minimum Gasteiger partial charge on any atom is -0.349 e. The molecule has 1 aromatic carbocycles. The van der Waals surface area contributed by atoms with Crippen molar-refractivity contribution in [3.63, 3.8) is 0 Å². The van der Waals surface area contributed by atoms with Crippen LogP contribution in [0.3, 0.4) is 0 Å². The molecule has 0 aliphatic carbocycles. The summed E-state index contributed by atoms with van der Waals surface area (Å²) in [5, 5.41) is 13.4. The number of aromatic nitrogens is 6. The van der Waals surface area contributed by atoms with E-state index in [1.54, 1.807) is 16.8 Å². The van der Waals surface area contributed by atoms with Crippen molar-refractivity contribution in [3.8, 4) is 11.9 Å². The van der Waals surface area contributed by atoms with Crippen molar-refractivity contribution < 1.29 is 4.39 Å². The molecule has 0 bridgehead atoms. The van der Waals surface area contributed by atoms with Gasteiger partial charge in [0.05, 0.1) is 22.1 Å². The summed E-state index contributed by atoms with van der Waals surface area (Å²) in [5.41, 5.74) is 0.705. The predicted octanol–water partition coefficient (Wildman–Crippen LogP) is 4.12. The molecule has 4 aromatic rings. The van der Waals surface area contributed by atoms with Gasteiger partial charge in [0.2, 0.25) is 0 Å². The van der Waals surface area contributed by atoms with E-state index in [0.29, 0.717) is 28.4 Å². The molecule has 30 heavy (non-hydrogen) atoms. The largest absolute Gasteiger partial charge is 0.349 e. The fourth-order valence-electron chi connectivity index (χ4n) is 3.02. The molecule has 0 fully saturated rings. The maximum atomic E-state index is 14.1. The quantitative estimate of drug-likeness (QED) is 0.438. The van der Waals surface area contributed by atoms with Crippen LogP contribution in [0.25, 0.3) is 16.7 Å². The minimum absolute atomic E-state index is 0.116. The normalized spacial score (nSPS) is 12.0. The van der Waals surface area contributed by atoms with Gasteiger partial charge >= 0.3 is 0 Å². The minimum atomic E-state index is -0.724. The summed E-state index contributed by atoms with van der Waals surface area (Å²) in [7, 11) is 1.81. The average molecular weight is 443 g/mol. The molecule has 0 aliphatic heterocycles. The lowest BCUT2D eigenvalue weighted by Gasteiger charge is -2.26. The first-order chi connectivity index (χ1) is 14.4. The van der Waals surface area contributed by atoms with Crippen LogP contribution in [0.1, 0.15) is 24.4 Å². The zero-order valence-corrected chi connectivity index (χ0v) is 17.3. The van der Waals surface area contributed by atoms with Crippen molar-refractivity contribution in [3.05, 3.63) is 64.3 Å². The molecule has 3 heterocycles. The molecule has 1 unspecified atom stereocenters. The van der Waals surface area contributed by atoms with E-state index in [1.807, 2.05) is 24.9 Å². The monoisotopic (exact) mass is 442 g/mol. The van der Waals surface area contributed by atoms with Gasteiger partial charge in [0, 0.05) is 18.6 Å². The number of fused-ring (bicyclic) bond motifs is 1. The number of nitriles is 1. The van der Waals surface area contributed by atoms with Crippen LogP contribution in [0, 0.1) is 17.1 Å². The Balaban J connectivity index is 1.76. The molecule has 0 saturated carbocycles. The molecule has 150 valence electrons. The summed E-state index contributed by atoms with van der Waals surface area (Å²) in [6, 6.07) is 6.50. The highest BCUT2D eigenvalue weighted by molar-refractivity contribution is 6.38. The van der Waals surface area contributed by atoms with E-state index >= 15 is 0 Å². The number of nitrogens with zero attached hydrogens (tertiary/aromatic N) is 8. The summed E-state index contributed by atoms with van der Waals surface area (Å²) in [4.78, 5) is 18.9. The van der Waals surface area contributed by atoms with Gasteiger partial charge in [0.15, 0.2) is 17.5 Å². The van der Waals surface area contributed by atoms with Gasteiger partial charge in [-0.05, 0) is 25.1 Å². The fourth-order valence-corrected chi connectivity index (χ4v) is 3.52. The van der Waals surface area contributed by atoms with Gasteiger partial charge in [0.1, 0.15) is 29.6 Å². The zero-order valence-electron chi connectivity index (χ0n) is 15.8. The summed E-state index contributed by atoms with van der Waals surface area (Å²) in [6.45, 7) is 1.91. The van der Waals surface area contributed by atoms with Crippen LogP contribution in [-0.2, 0) is 0 Å². The first kappa shape index (κ1) is 19.9. The van der Waals surface area contributed by atoms with Gasteiger partial charge in [0.25, 0.3) is 0 Å². The number of benzene rings is 1. The second-order valence-corrected chi connectivity index (χ2v) is 7.20. The van der Waals surface area contributed by atoms with Crippen LogP contribution in [0.4, 0.5) is 10.2 Å². The molecule has 0 amide bonds. The Morgan fingerprint density at radius 1 is 1.17 bits per heavy atom. The third-order valence-electron chi connectivity index (χ3n) is 4.70. The van der Waals surface area contributed by atoms with Crippen LogP contribution < -0.4 is 4.90 Å². The Labute approximate surface area is 180 Å². The van der Waals surface area contributed by atoms with Crippen LogP contribution in [0.15, 0.2) is 37.1 Å². The van der Waals surface area contributed by atoms with E-state index in [9.17, 15) is 4.39 Å². The lowest BCUT2D eigenvalue weighted by Crippen LogP contribution is -2.26.